The third kappa shape index (κ3) is 4.98. The minimum atomic E-state index is -0.784. The minimum absolute atomic E-state index is 0.00146. The van der Waals surface area contributed by atoms with Crippen molar-refractivity contribution < 1.29 is 29.0 Å². The number of ether oxygens (including phenoxy) is 2. The summed E-state index contributed by atoms with van der Waals surface area (Å²) in [6, 6.07) is 14.5. The van der Waals surface area contributed by atoms with Crippen LogP contribution in [0.15, 0.2) is 77.4 Å². The fourth-order valence-electron chi connectivity index (χ4n) is 3.02. The first kappa shape index (κ1) is 22.7. The molecule has 1 aliphatic rings. The lowest BCUT2D eigenvalue weighted by Crippen LogP contribution is -2.05. The average Bonchev–Trinajstić information content (AvgIpc) is 3.20. The van der Waals surface area contributed by atoms with Gasteiger partial charge >= 0.3 is 11.7 Å². The molecule has 0 unspecified atom stereocenters. The molecule has 13 heteroatoms. The monoisotopic (exact) mass is 476 g/mol. The number of carbonyl (C=O) groups is 1. The summed E-state index contributed by atoms with van der Waals surface area (Å²) < 4.78 is 10.6. The molecule has 0 radical (unpaired) electrons. The highest BCUT2D eigenvalue weighted by atomic mass is 16.6. The standard InChI is InChI=1S/C22H12N4O9/c27-22-18(23-21(35-22)14-3-5-15(6-4-14)24(28)29)11-13-1-8-17(9-2-13)34-20-10-7-16(25(30)31)12-19(20)26(32)33/h1-12H/b18-11+. The van der Waals surface area contributed by atoms with Crippen LogP contribution in [0, 0.1) is 30.3 Å². The Bertz CT molecular complexity index is 1430. The largest absolute Gasteiger partial charge is 0.450 e. The Balaban J connectivity index is 1.53. The second-order valence-electron chi connectivity index (χ2n) is 6.98. The number of nitro benzene ring substituents is 3. The number of hydrogen-bond acceptors (Lipinski definition) is 10. The maximum absolute atomic E-state index is 12.2. The molecular weight excluding hydrogens is 464 g/mol. The van der Waals surface area contributed by atoms with Crippen LogP contribution in [0.5, 0.6) is 11.5 Å². The van der Waals surface area contributed by atoms with Crippen molar-refractivity contribution in [3.63, 3.8) is 0 Å². The van der Waals surface area contributed by atoms with E-state index >= 15 is 0 Å². The number of hydrogen-bond donors (Lipinski definition) is 0. The predicted octanol–water partition coefficient (Wildman–Crippen LogP) is 4.55. The lowest BCUT2D eigenvalue weighted by Gasteiger charge is -2.06. The summed E-state index contributed by atoms with van der Waals surface area (Å²) in [5.74, 6) is -0.668. The lowest BCUT2D eigenvalue weighted by atomic mass is 10.2. The van der Waals surface area contributed by atoms with Gasteiger partial charge in [-0.25, -0.2) is 9.79 Å². The van der Waals surface area contributed by atoms with Crippen molar-refractivity contribution in [2.45, 2.75) is 0 Å². The van der Waals surface area contributed by atoms with Gasteiger partial charge in [0.25, 0.3) is 11.4 Å². The zero-order chi connectivity index (χ0) is 25.1. The van der Waals surface area contributed by atoms with Gasteiger partial charge in [0.1, 0.15) is 5.75 Å². The van der Waals surface area contributed by atoms with Crippen LogP contribution >= 0.6 is 0 Å². The van der Waals surface area contributed by atoms with E-state index in [0.29, 0.717) is 11.1 Å². The number of nitrogens with zero attached hydrogens (tertiary/aromatic N) is 4. The summed E-state index contributed by atoms with van der Waals surface area (Å²) in [6.45, 7) is 0. The first-order valence-corrected chi connectivity index (χ1v) is 9.69. The summed E-state index contributed by atoms with van der Waals surface area (Å²) in [5, 5.41) is 32.9. The molecule has 0 amide bonds. The topological polar surface area (TPSA) is 177 Å². The van der Waals surface area contributed by atoms with E-state index in [2.05, 4.69) is 4.99 Å². The van der Waals surface area contributed by atoms with Gasteiger partial charge in [0, 0.05) is 23.8 Å². The van der Waals surface area contributed by atoms with Crippen LogP contribution in [0.4, 0.5) is 17.1 Å². The number of rotatable bonds is 7. The predicted molar refractivity (Wildman–Crippen MR) is 120 cm³/mol. The van der Waals surface area contributed by atoms with Crippen molar-refractivity contribution in [1.29, 1.82) is 0 Å². The molecule has 174 valence electrons. The molecule has 35 heavy (non-hydrogen) atoms. The fraction of sp³-hybridized carbons (Fsp3) is 0. The van der Waals surface area contributed by atoms with Crippen LogP contribution in [0.3, 0.4) is 0 Å². The van der Waals surface area contributed by atoms with E-state index in [1.54, 1.807) is 12.1 Å². The maximum atomic E-state index is 12.2. The van der Waals surface area contributed by atoms with Gasteiger partial charge < -0.3 is 9.47 Å². The van der Waals surface area contributed by atoms with Crippen molar-refractivity contribution in [3.05, 3.63) is 114 Å². The zero-order valence-electron chi connectivity index (χ0n) is 17.4. The van der Waals surface area contributed by atoms with Gasteiger partial charge in [-0.2, -0.15) is 0 Å². The van der Waals surface area contributed by atoms with Gasteiger partial charge in [0.2, 0.25) is 11.6 Å². The smallest absolute Gasteiger partial charge is 0.363 e. The molecule has 3 aromatic rings. The normalized spacial score (nSPS) is 13.8. The van der Waals surface area contributed by atoms with Gasteiger partial charge in [0.15, 0.2) is 5.70 Å². The van der Waals surface area contributed by atoms with Crippen LogP contribution < -0.4 is 4.74 Å². The third-order valence-electron chi connectivity index (χ3n) is 4.71. The number of cyclic esters (lactones) is 1. The van der Waals surface area contributed by atoms with Crippen molar-refractivity contribution in [3.8, 4) is 11.5 Å². The molecule has 4 rings (SSSR count). The van der Waals surface area contributed by atoms with E-state index in [0.717, 1.165) is 18.2 Å². The van der Waals surface area contributed by atoms with Crippen LogP contribution in [0.2, 0.25) is 0 Å². The molecule has 1 aliphatic heterocycles. The van der Waals surface area contributed by atoms with Crippen LogP contribution in [-0.4, -0.2) is 26.6 Å². The van der Waals surface area contributed by atoms with E-state index in [-0.39, 0.29) is 28.8 Å². The van der Waals surface area contributed by atoms with E-state index in [1.807, 2.05) is 0 Å². The Hall–Kier alpha value is -5.46. The Labute approximate surface area is 195 Å². The number of nitro groups is 3. The fourth-order valence-corrected chi connectivity index (χ4v) is 3.02. The molecule has 1 heterocycles. The van der Waals surface area contributed by atoms with Gasteiger partial charge in [-0.15, -0.1) is 0 Å². The molecular formula is C22H12N4O9. The number of carbonyl (C=O) groups excluding carboxylic acids is 1. The Morgan fingerprint density at radius 2 is 1.43 bits per heavy atom. The first-order valence-electron chi connectivity index (χ1n) is 9.69. The Morgan fingerprint density at radius 1 is 0.800 bits per heavy atom. The number of esters is 1. The molecule has 13 nitrogen and oxygen atoms in total. The van der Waals surface area contributed by atoms with Crippen molar-refractivity contribution in [2.24, 2.45) is 4.99 Å². The SMILES string of the molecule is O=C1OC(c2ccc([N+](=O)[O-])cc2)=N/C1=C/c1ccc(Oc2ccc([N+](=O)[O-])cc2[N+](=O)[O-])cc1. The summed E-state index contributed by atoms with van der Waals surface area (Å²) in [7, 11) is 0. The van der Waals surface area contributed by atoms with Crippen molar-refractivity contribution >= 4 is 35.0 Å². The molecule has 0 spiro atoms. The first-order chi connectivity index (χ1) is 16.7. The van der Waals surface area contributed by atoms with Crippen LogP contribution in [0.25, 0.3) is 6.08 Å². The van der Waals surface area contributed by atoms with Gasteiger partial charge in [-0.3, -0.25) is 30.3 Å². The summed E-state index contributed by atoms with van der Waals surface area (Å²) in [5.41, 5.74) is -0.193. The van der Waals surface area contributed by atoms with Gasteiger partial charge in [-0.1, -0.05) is 12.1 Å². The van der Waals surface area contributed by atoms with E-state index in [4.69, 9.17) is 9.47 Å². The van der Waals surface area contributed by atoms with E-state index < -0.39 is 32.1 Å². The highest BCUT2D eigenvalue weighted by molar-refractivity contribution is 6.12. The van der Waals surface area contributed by atoms with Gasteiger partial charge in [-0.05, 0) is 42.0 Å². The molecule has 0 saturated carbocycles. The third-order valence-corrected chi connectivity index (χ3v) is 4.71. The molecule has 0 saturated heterocycles. The molecule has 0 aliphatic carbocycles. The zero-order valence-corrected chi connectivity index (χ0v) is 17.4. The number of non-ortho nitro benzene ring substituents is 2. The highest BCUT2D eigenvalue weighted by Crippen LogP contribution is 2.34. The molecule has 0 fully saturated rings. The van der Waals surface area contributed by atoms with E-state index in [9.17, 15) is 35.1 Å². The van der Waals surface area contributed by atoms with Crippen molar-refractivity contribution in [1.82, 2.24) is 0 Å². The summed E-state index contributed by atoms with van der Waals surface area (Å²) in [6.07, 6.45) is 1.44. The Morgan fingerprint density at radius 3 is 2.03 bits per heavy atom. The molecule has 0 aromatic heterocycles. The summed E-state index contributed by atoms with van der Waals surface area (Å²) in [4.78, 5) is 47.1. The second-order valence-corrected chi connectivity index (χ2v) is 6.98. The second kappa shape index (κ2) is 9.19. The van der Waals surface area contributed by atoms with Crippen LogP contribution in [-0.2, 0) is 9.53 Å². The average molecular weight is 476 g/mol. The quantitative estimate of drug-likeness (QED) is 0.205. The molecule has 0 bridgehead atoms. The number of aliphatic imine (C=N–C) groups is 1. The number of benzene rings is 3. The molecule has 0 atom stereocenters. The van der Waals surface area contributed by atoms with Crippen LogP contribution in [0.1, 0.15) is 11.1 Å². The highest BCUT2D eigenvalue weighted by Gasteiger charge is 2.25. The van der Waals surface area contributed by atoms with Crippen molar-refractivity contribution in [2.75, 3.05) is 0 Å². The lowest BCUT2D eigenvalue weighted by molar-refractivity contribution is -0.394. The van der Waals surface area contributed by atoms with Gasteiger partial charge in [0.05, 0.1) is 20.8 Å². The summed E-state index contributed by atoms with van der Waals surface area (Å²) >= 11 is 0. The minimum Gasteiger partial charge on any atom is -0.450 e. The maximum Gasteiger partial charge on any atom is 0.363 e. The Kier molecular flexibility index (Phi) is 5.96. The molecule has 0 N–H and O–H groups in total. The molecule has 3 aromatic carbocycles. The van der Waals surface area contributed by atoms with E-state index in [1.165, 1.54) is 42.5 Å².